The van der Waals surface area contributed by atoms with E-state index in [4.69, 9.17) is 17.0 Å². The summed E-state index contributed by atoms with van der Waals surface area (Å²) in [4.78, 5) is 15.5. The summed E-state index contributed by atoms with van der Waals surface area (Å²) < 4.78 is 5.92. The maximum Gasteiger partial charge on any atom is 0.193 e. The number of hydrogen-bond donors (Lipinski definition) is 1. The molecule has 0 aliphatic carbocycles. The van der Waals surface area contributed by atoms with E-state index in [1.165, 1.54) is 0 Å². The molecule has 1 aliphatic rings. The van der Waals surface area contributed by atoms with Crippen LogP contribution in [0.25, 0.3) is 0 Å². The number of thiocarbonyl (C=S) groups is 1. The maximum atomic E-state index is 13.5. The number of ketones is 1. The molecule has 0 saturated carbocycles. The number of Topliss-reactive ketones (excluding diaryl/α,β-unsaturated/α-hetero) is 1. The number of carbonyl (C=O) groups is 1. The largest absolute Gasteiger partial charge is 0.489 e. The molecule has 32 heavy (non-hydrogen) atoms. The van der Waals surface area contributed by atoms with Crippen molar-refractivity contribution >= 4 is 23.1 Å². The molecule has 1 unspecified atom stereocenters. The number of hydrogen-bond acceptors (Lipinski definition) is 3. The number of allylic oxidation sites excluding steroid dienone is 1. The molecule has 0 aromatic heterocycles. The molecule has 1 atom stereocenters. The summed E-state index contributed by atoms with van der Waals surface area (Å²) in [6.07, 6.45) is 0. The molecule has 4 nitrogen and oxygen atoms in total. The van der Waals surface area contributed by atoms with Crippen molar-refractivity contribution in [3.63, 3.8) is 0 Å². The van der Waals surface area contributed by atoms with Crippen LogP contribution >= 0.6 is 12.2 Å². The molecule has 0 spiro atoms. The van der Waals surface area contributed by atoms with Gasteiger partial charge < -0.3 is 15.0 Å². The van der Waals surface area contributed by atoms with Crippen LogP contribution in [0.1, 0.15) is 41.4 Å². The van der Waals surface area contributed by atoms with Crippen LogP contribution in [0.5, 0.6) is 5.75 Å². The van der Waals surface area contributed by atoms with Crippen LogP contribution < -0.4 is 10.1 Å². The van der Waals surface area contributed by atoms with Gasteiger partial charge in [0.2, 0.25) is 0 Å². The zero-order chi connectivity index (χ0) is 22.5. The Labute approximate surface area is 194 Å². The van der Waals surface area contributed by atoms with Crippen LogP contribution in [0.4, 0.5) is 0 Å². The van der Waals surface area contributed by atoms with Crippen LogP contribution in [0.3, 0.4) is 0 Å². The average molecular weight is 443 g/mol. The zero-order valence-electron chi connectivity index (χ0n) is 18.2. The Morgan fingerprint density at radius 3 is 2.22 bits per heavy atom. The van der Waals surface area contributed by atoms with E-state index in [-0.39, 0.29) is 11.8 Å². The van der Waals surface area contributed by atoms with Crippen molar-refractivity contribution in [1.29, 1.82) is 0 Å². The van der Waals surface area contributed by atoms with Crippen LogP contribution in [0, 0.1) is 0 Å². The average Bonchev–Trinajstić information content (AvgIpc) is 2.84. The van der Waals surface area contributed by atoms with Crippen molar-refractivity contribution in [2.24, 2.45) is 0 Å². The van der Waals surface area contributed by atoms with Gasteiger partial charge in [-0.25, -0.2) is 0 Å². The third kappa shape index (κ3) is 4.58. The molecular weight excluding hydrogens is 416 g/mol. The molecule has 0 amide bonds. The molecule has 162 valence electrons. The minimum absolute atomic E-state index is 0.00551. The predicted octanol–water partition coefficient (Wildman–Crippen LogP) is 5.67. The molecule has 1 aliphatic heterocycles. The highest BCUT2D eigenvalue weighted by atomic mass is 32.1. The number of carbonyl (C=O) groups excluding carboxylic acids is 1. The second-order valence-corrected chi connectivity index (χ2v) is 8.05. The van der Waals surface area contributed by atoms with Crippen LogP contribution in [0.2, 0.25) is 0 Å². The third-order valence-electron chi connectivity index (χ3n) is 5.65. The van der Waals surface area contributed by atoms with Crippen LogP contribution in [0.15, 0.2) is 96.2 Å². The first kappa shape index (κ1) is 21.8. The van der Waals surface area contributed by atoms with Crippen molar-refractivity contribution in [2.75, 3.05) is 6.54 Å². The lowest BCUT2D eigenvalue weighted by molar-refractivity contribution is 0.102. The molecule has 0 saturated heterocycles. The topological polar surface area (TPSA) is 41.6 Å². The Balaban J connectivity index is 1.62. The highest BCUT2D eigenvalue weighted by Gasteiger charge is 2.33. The van der Waals surface area contributed by atoms with Gasteiger partial charge in [0, 0.05) is 23.4 Å². The van der Waals surface area contributed by atoms with Gasteiger partial charge in [-0.2, -0.15) is 0 Å². The first-order valence-corrected chi connectivity index (χ1v) is 11.1. The quantitative estimate of drug-likeness (QED) is 0.377. The minimum Gasteiger partial charge on any atom is -0.489 e. The fourth-order valence-electron chi connectivity index (χ4n) is 3.95. The first-order chi connectivity index (χ1) is 15.6. The van der Waals surface area contributed by atoms with E-state index in [1.54, 1.807) is 0 Å². The number of rotatable bonds is 7. The van der Waals surface area contributed by atoms with Gasteiger partial charge in [-0.3, -0.25) is 4.79 Å². The summed E-state index contributed by atoms with van der Waals surface area (Å²) >= 11 is 5.60. The highest BCUT2D eigenvalue weighted by Crippen LogP contribution is 2.33. The first-order valence-electron chi connectivity index (χ1n) is 10.7. The normalized spacial score (nSPS) is 16.0. The van der Waals surface area contributed by atoms with E-state index in [0.717, 1.165) is 22.6 Å². The summed E-state index contributed by atoms with van der Waals surface area (Å²) in [5.41, 5.74) is 4.35. The Hall–Kier alpha value is -3.44. The molecule has 0 bridgehead atoms. The fraction of sp³-hybridized carbons (Fsp3) is 0.185. The molecule has 3 aromatic carbocycles. The molecule has 1 heterocycles. The van der Waals surface area contributed by atoms with Gasteiger partial charge in [0.05, 0.1) is 6.04 Å². The van der Waals surface area contributed by atoms with Gasteiger partial charge in [0.1, 0.15) is 12.4 Å². The Kier molecular flexibility index (Phi) is 6.66. The molecule has 0 fully saturated rings. The summed E-state index contributed by atoms with van der Waals surface area (Å²) in [5, 5.41) is 4.01. The SMILES string of the molecule is CCN1C(=S)NC(c2ccc(OCc3ccccc3)cc2)C(C(=O)c2ccccc2)=C1C. The maximum absolute atomic E-state index is 13.5. The van der Waals surface area contributed by atoms with Gasteiger partial charge in [-0.05, 0) is 49.3 Å². The summed E-state index contributed by atoms with van der Waals surface area (Å²) in [6.45, 7) is 5.20. The molecule has 0 radical (unpaired) electrons. The molecule has 3 aromatic rings. The van der Waals surface area contributed by atoms with Crippen molar-refractivity contribution < 1.29 is 9.53 Å². The molecule has 1 N–H and O–H groups in total. The van der Waals surface area contributed by atoms with E-state index in [1.807, 2.05) is 104 Å². The predicted molar refractivity (Wildman–Crippen MR) is 132 cm³/mol. The molecule has 5 heteroatoms. The van der Waals surface area contributed by atoms with Crippen molar-refractivity contribution in [1.82, 2.24) is 10.2 Å². The third-order valence-corrected chi connectivity index (χ3v) is 5.99. The van der Waals surface area contributed by atoms with Gasteiger partial charge in [0.15, 0.2) is 10.9 Å². The van der Waals surface area contributed by atoms with Crippen molar-refractivity contribution in [3.8, 4) is 5.75 Å². The monoisotopic (exact) mass is 442 g/mol. The Bertz CT molecular complexity index is 1130. The Morgan fingerprint density at radius 2 is 1.59 bits per heavy atom. The second-order valence-electron chi connectivity index (χ2n) is 7.66. The standard InChI is InChI=1S/C27H26N2O2S/c1-3-29-19(2)24(26(30)22-12-8-5-9-13-22)25(28-27(29)32)21-14-16-23(17-15-21)31-18-20-10-6-4-7-11-20/h4-17,25H,3,18H2,1-2H3,(H,28,32). The molecule has 4 rings (SSSR count). The number of nitrogens with zero attached hydrogens (tertiary/aromatic N) is 1. The summed E-state index contributed by atoms with van der Waals surface area (Å²) in [6, 6.07) is 27.0. The van der Waals surface area contributed by atoms with E-state index in [2.05, 4.69) is 5.32 Å². The van der Waals surface area contributed by atoms with Gasteiger partial charge in [-0.1, -0.05) is 72.8 Å². The van der Waals surface area contributed by atoms with E-state index in [0.29, 0.717) is 29.4 Å². The van der Waals surface area contributed by atoms with E-state index in [9.17, 15) is 4.79 Å². The van der Waals surface area contributed by atoms with Crippen molar-refractivity contribution in [2.45, 2.75) is 26.5 Å². The lowest BCUT2D eigenvalue weighted by atomic mass is 9.89. The highest BCUT2D eigenvalue weighted by molar-refractivity contribution is 7.80. The lowest BCUT2D eigenvalue weighted by Gasteiger charge is -2.37. The summed E-state index contributed by atoms with van der Waals surface area (Å²) in [7, 11) is 0. The molecular formula is C27H26N2O2S. The Morgan fingerprint density at radius 1 is 0.969 bits per heavy atom. The van der Waals surface area contributed by atoms with Crippen LogP contribution in [-0.2, 0) is 6.61 Å². The van der Waals surface area contributed by atoms with Crippen LogP contribution in [-0.4, -0.2) is 22.3 Å². The number of benzene rings is 3. The minimum atomic E-state index is -0.318. The summed E-state index contributed by atoms with van der Waals surface area (Å²) in [5.74, 6) is 0.786. The van der Waals surface area contributed by atoms with Gasteiger partial charge in [0.25, 0.3) is 0 Å². The lowest BCUT2D eigenvalue weighted by Crippen LogP contribution is -2.47. The number of nitrogens with one attached hydrogen (secondary N) is 1. The van der Waals surface area contributed by atoms with E-state index < -0.39 is 0 Å². The fourth-order valence-corrected chi connectivity index (χ4v) is 4.33. The van der Waals surface area contributed by atoms with Crippen molar-refractivity contribution in [3.05, 3.63) is 113 Å². The zero-order valence-corrected chi connectivity index (χ0v) is 19.1. The van der Waals surface area contributed by atoms with Gasteiger partial charge >= 0.3 is 0 Å². The number of ether oxygens (including phenoxy) is 1. The van der Waals surface area contributed by atoms with Gasteiger partial charge in [-0.15, -0.1) is 0 Å². The smallest absolute Gasteiger partial charge is 0.193 e. The second kappa shape index (κ2) is 9.79. The van der Waals surface area contributed by atoms with E-state index >= 15 is 0 Å².